The largest absolute Gasteiger partial charge is 0.438 e. The summed E-state index contributed by atoms with van der Waals surface area (Å²) >= 11 is 8.95. The Morgan fingerprint density at radius 1 is 1.03 bits per heavy atom. The second kappa shape index (κ2) is 9.14. The van der Waals surface area contributed by atoms with Crippen molar-refractivity contribution in [2.45, 2.75) is 9.24 Å². The van der Waals surface area contributed by atoms with E-state index < -0.39 is 5.91 Å². The molecular formula is C23H14ClN5O2S2. The van der Waals surface area contributed by atoms with Gasteiger partial charge in [0.05, 0.1) is 5.52 Å². The van der Waals surface area contributed by atoms with Gasteiger partial charge in [-0.15, -0.1) is 10.2 Å². The lowest BCUT2D eigenvalue weighted by atomic mass is 10.2. The quantitative estimate of drug-likeness (QED) is 0.318. The molecule has 0 atom stereocenters. The summed E-state index contributed by atoms with van der Waals surface area (Å²) in [7, 11) is 0. The fraction of sp³-hybridized carbons (Fsp3) is 0. The monoisotopic (exact) mass is 491 g/mol. The van der Waals surface area contributed by atoms with Crippen molar-refractivity contribution in [1.82, 2.24) is 20.2 Å². The second-order valence-corrected chi connectivity index (χ2v) is 9.48. The van der Waals surface area contributed by atoms with Crippen LogP contribution in [0.25, 0.3) is 21.6 Å². The van der Waals surface area contributed by atoms with E-state index in [4.69, 9.17) is 22.1 Å². The molecule has 5 aromatic rings. The van der Waals surface area contributed by atoms with Crippen molar-refractivity contribution in [2.75, 3.05) is 0 Å². The summed E-state index contributed by atoms with van der Waals surface area (Å²) in [6.45, 7) is 0. The number of nitrogens with zero attached hydrogens (tertiary/aromatic N) is 4. The molecule has 0 aliphatic carbocycles. The molecule has 0 fully saturated rings. The number of fused-ring (bicyclic) bond motifs is 1. The lowest BCUT2D eigenvalue weighted by Gasteiger charge is -2.09. The fourth-order valence-electron chi connectivity index (χ4n) is 3.06. The van der Waals surface area contributed by atoms with E-state index in [1.807, 2.05) is 42.5 Å². The van der Waals surface area contributed by atoms with Gasteiger partial charge in [-0.25, -0.2) is 4.98 Å². The number of hydrogen-bond acceptors (Lipinski definition) is 8. The highest BCUT2D eigenvalue weighted by Crippen LogP contribution is 2.37. The van der Waals surface area contributed by atoms with Crippen molar-refractivity contribution < 1.29 is 9.53 Å². The summed E-state index contributed by atoms with van der Waals surface area (Å²) < 4.78 is 6.55. The van der Waals surface area contributed by atoms with E-state index in [0.717, 1.165) is 20.1 Å². The number of carbonyl (C=O) groups is 1. The summed E-state index contributed by atoms with van der Waals surface area (Å²) in [5.41, 5.74) is 7.02. The SMILES string of the molecule is NC(=O)c1ccc(-c2nnc(Sc3ccnc4cc(Cl)ccc34)s2)nc1Oc1ccccc1. The van der Waals surface area contributed by atoms with Gasteiger partial charge in [0.15, 0.2) is 9.35 Å². The van der Waals surface area contributed by atoms with E-state index in [1.54, 1.807) is 30.5 Å². The molecule has 0 saturated heterocycles. The van der Waals surface area contributed by atoms with Crippen LogP contribution in [-0.4, -0.2) is 26.1 Å². The average Bonchev–Trinajstić information content (AvgIpc) is 3.28. The molecule has 2 N–H and O–H groups in total. The third-order valence-corrected chi connectivity index (χ3v) is 6.88. The van der Waals surface area contributed by atoms with Crippen molar-refractivity contribution in [3.8, 4) is 22.3 Å². The van der Waals surface area contributed by atoms with Crippen LogP contribution >= 0.6 is 34.7 Å². The Labute approximate surface area is 201 Å². The molecule has 3 aromatic heterocycles. The number of aromatic nitrogens is 4. The number of nitrogens with two attached hydrogens (primary N) is 1. The van der Waals surface area contributed by atoms with Crippen molar-refractivity contribution in [1.29, 1.82) is 0 Å². The number of ether oxygens (including phenoxy) is 1. The Kier molecular flexibility index (Phi) is 5.91. The number of benzene rings is 2. The van der Waals surface area contributed by atoms with Crippen LogP contribution in [0.2, 0.25) is 5.02 Å². The number of amides is 1. The van der Waals surface area contributed by atoms with E-state index in [0.29, 0.717) is 21.5 Å². The van der Waals surface area contributed by atoms with Crippen molar-refractivity contribution in [3.05, 3.63) is 83.5 Å². The van der Waals surface area contributed by atoms with Crippen LogP contribution in [0.15, 0.2) is 82.2 Å². The summed E-state index contributed by atoms with van der Waals surface area (Å²) in [5.74, 6) is 0.0357. The zero-order chi connectivity index (χ0) is 22.8. The maximum atomic E-state index is 11.9. The number of pyridine rings is 2. The van der Waals surface area contributed by atoms with Gasteiger partial charge in [0.1, 0.15) is 17.0 Å². The third-order valence-electron chi connectivity index (χ3n) is 4.57. The average molecular weight is 492 g/mol. The van der Waals surface area contributed by atoms with E-state index in [2.05, 4.69) is 20.2 Å². The van der Waals surface area contributed by atoms with Gasteiger partial charge in [-0.3, -0.25) is 9.78 Å². The van der Waals surface area contributed by atoms with Gasteiger partial charge in [0, 0.05) is 21.5 Å². The molecule has 0 aliphatic rings. The van der Waals surface area contributed by atoms with Gasteiger partial charge in [-0.1, -0.05) is 59.0 Å². The minimum atomic E-state index is -0.627. The lowest BCUT2D eigenvalue weighted by Crippen LogP contribution is -2.13. The molecule has 0 unspecified atom stereocenters. The van der Waals surface area contributed by atoms with Crippen molar-refractivity contribution >= 4 is 51.5 Å². The molecule has 0 bridgehead atoms. The summed E-state index contributed by atoms with van der Waals surface area (Å²) in [6, 6.07) is 19.8. The minimum Gasteiger partial charge on any atom is -0.438 e. The first-order valence-electron chi connectivity index (χ1n) is 9.66. The third kappa shape index (κ3) is 4.65. The normalized spacial score (nSPS) is 10.9. The summed E-state index contributed by atoms with van der Waals surface area (Å²) in [6.07, 6.45) is 1.74. The molecule has 1 amide bonds. The Hall–Kier alpha value is -3.53. The Bertz CT molecular complexity index is 1480. The topological polar surface area (TPSA) is 104 Å². The maximum absolute atomic E-state index is 11.9. The molecule has 3 heterocycles. The molecule has 7 nitrogen and oxygen atoms in total. The summed E-state index contributed by atoms with van der Waals surface area (Å²) in [5, 5.41) is 10.8. The number of hydrogen-bond donors (Lipinski definition) is 1. The molecule has 162 valence electrons. The van der Waals surface area contributed by atoms with Crippen LogP contribution in [0.5, 0.6) is 11.6 Å². The standard InChI is InChI=1S/C23H14ClN5O2S2/c24-13-6-7-15-18(12-13)26-11-10-19(15)32-23-29-28-22(33-23)17-9-8-16(20(25)30)21(27-17)31-14-4-2-1-3-5-14/h1-12H,(H2,25,30). The van der Waals surface area contributed by atoms with E-state index >= 15 is 0 Å². The number of para-hydroxylation sites is 1. The van der Waals surface area contributed by atoms with Crippen molar-refractivity contribution in [3.63, 3.8) is 0 Å². The van der Waals surface area contributed by atoms with Crippen LogP contribution in [0.4, 0.5) is 0 Å². The molecular weight excluding hydrogens is 478 g/mol. The van der Waals surface area contributed by atoms with E-state index in [1.165, 1.54) is 23.1 Å². The van der Waals surface area contributed by atoms with Crippen LogP contribution in [0.3, 0.4) is 0 Å². The summed E-state index contributed by atoms with van der Waals surface area (Å²) in [4.78, 5) is 21.7. The molecule has 0 spiro atoms. The molecule has 0 aliphatic heterocycles. The molecule has 10 heteroatoms. The molecule has 0 saturated carbocycles. The van der Waals surface area contributed by atoms with E-state index in [9.17, 15) is 4.79 Å². The first-order valence-corrected chi connectivity index (χ1v) is 11.7. The predicted molar refractivity (Wildman–Crippen MR) is 129 cm³/mol. The Morgan fingerprint density at radius 3 is 2.70 bits per heavy atom. The van der Waals surface area contributed by atoms with Crippen LogP contribution in [0.1, 0.15) is 10.4 Å². The molecule has 0 radical (unpaired) electrons. The Morgan fingerprint density at radius 2 is 1.88 bits per heavy atom. The maximum Gasteiger partial charge on any atom is 0.254 e. The van der Waals surface area contributed by atoms with Gasteiger partial charge < -0.3 is 10.5 Å². The van der Waals surface area contributed by atoms with Crippen LogP contribution < -0.4 is 10.5 Å². The highest BCUT2D eigenvalue weighted by atomic mass is 35.5. The number of primary amides is 1. The van der Waals surface area contributed by atoms with Gasteiger partial charge in [0.25, 0.3) is 5.91 Å². The predicted octanol–water partition coefficient (Wildman–Crippen LogP) is 5.84. The Balaban J connectivity index is 1.45. The fourth-order valence-corrected chi connectivity index (χ4v) is 5.12. The van der Waals surface area contributed by atoms with Crippen molar-refractivity contribution in [2.24, 2.45) is 5.73 Å². The molecule has 33 heavy (non-hydrogen) atoms. The number of carbonyl (C=O) groups excluding carboxylic acids is 1. The van der Waals surface area contributed by atoms with Gasteiger partial charge in [0.2, 0.25) is 5.88 Å². The molecule has 2 aromatic carbocycles. The highest BCUT2D eigenvalue weighted by Gasteiger charge is 2.17. The zero-order valence-corrected chi connectivity index (χ0v) is 19.2. The zero-order valence-electron chi connectivity index (χ0n) is 16.8. The number of halogens is 1. The smallest absolute Gasteiger partial charge is 0.254 e. The second-order valence-electron chi connectivity index (χ2n) is 6.77. The molecule has 5 rings (SSSR count). The number of rotatable bonds is 6. The first kappa shape index (κ1) is 21.3. The van der Waals surface area contributed by atoms with Crippen LogP contribution in [-0.2, 0) is 0 Å². The first-order chi connectivity index (χ1) is 16.1. The van der Waals surface area contributed by atoms with E-state index in [-0.39, 0.29) is 11.4 Å². The van der Waals surface area contributed by atoms with Gasteiger partial charge in [-0.05, 0) is 42.5 Å². The highest BCUT2D eigenvalue weighted by molar-refractivity contribution is 8.01. The van der Waals surface area contributed by atoms with Gasteiger partial charge >= 0.3 is 0 Å². The minimum absolute atomic E-state index is 0.118. The van der Waals surface area contributed by atoms with Gasteiger partial charge in [-0.2, -0.15) is 0 Å². The lowest BCUT2D eigenvalue weighted by molar-refractivity contribution is 0.0997. The van der Waals surface area contributed by atoms with Crippen LogP contribution in [0, 0.1) is 0 Å².